The van der Waals surface area contributed by atoms with Crippen molar-refractivity contribution in [3.8, 4) is 0 Å². The van der Waals surface area contributed by atoms with Gasteiger partial charge in [-0.3, -0.25) is 9.48 Å². The second kappa shape index (κ2) is 7.85. The summed E-state index contributed by atoms with van der Waals surface area (Å²) in [4.78, 5) is 12.2. The van der Waals surface area contributed by atoms with Crippen molar-refractivity contribution in [3.05, 3.63) is 53.7 Å². The Labute approximate surface area is 180 Å². The van der Waals surface area contributed by atoms with E-state index in [-0.39, 0.29) is 41.7 Å². The van der Waals surface area contributed by atoms with Gasteiger partial charge in [0.2, 0.25) is 10.0 Å². The van der Waals surface area contributed by atoms with Crippen molar-refractivity contribution in [3.63, 3.8) is 0 Å². The smallest absolute Gasteiger partial charge is 0.274 e. The molecular weight excluding hydrogens is 452 g/mol. The number of sulfonamides is 1. The second-order valence-corrected chi connectivity index (χ2v) is 9.22. The van der Waals surface area contributed by atoms with Crippen LogP contribution in [-0.2, 0) is 16.6 Å². The number of halogens is 4. The molecule has 1 unspecified atom stereocenters. The molecule has 7 nitrogen and oxygen atoms in total. The van der Waals surface area contributed by atoms with E-state index in [1.165, 1.54) is 6.07 Å². The molecule has 3 N–H and O–H groups in total. The van der Waals surface area contributed by atoms with Gasteiger partial charge < -0.3 is 5.32 Å². The van der Waals surface area contributed by atoms with Gasteiger partial charge in [-0.25, -0.2) is 31.1 Å². The summed E-state index contributed by atoms with van der Waals surface area (Å²) in [5, 5.41) is 11.8. The van der Waals surface area contributed by atoms with Gasteiger partial charge in [-0.2, -0.15) is 5.10 Å². The third-order valence-electron chi connectivity index (χ3n) is 5.47. The number of carbonyl (C=O) groups is 1. The molecule has 1 saturated carbocycles. The number of hydrogen-bond donors (Lipinski definition) is 2. The first-order valence-corrected chi connectivity index (χ1v) is 11.2. The van der Waals surface area contributed by atoms with Gasteiger partial charge in [-0.1, -0.05) is 0 Å². The minimum atomic E-state index is -4.39. The van der Waals surface area contributed by atoms with Crippen molar-refractivity contribution in [2.75, 3.05) is 5.32 Å². The van der Waals surface area contributed by atoms with E-state index >= 15 is 0 Å². The molecule has 1 amide bonds. The van der Waals surface area contributed by atoms with Crippen LogP contribution in [0.25, 0.3) is 10.9 Å². The van der Waals surface area contributed by atoms with Crippen molar-refractivity contribution in [2.45, 2.75) is 36.6 Å². The molecule has 1 aliphatic carbocycles. The zero-order valence-electron chi connectivity index (χ0n) is 16.5. The van der Waals surface area contributed by atoms with Crippen molar-refractivity contribution in [2.24, 2.45) is 11.1 Å². The van der Waals surface area contributed by atoms with Gasteiger partial charge in [0.1, 0.15) is 22.2 Å². The number of aromatic nitrogens is 2. The highest BCUT2D eigenvalue weighted by Crippen LogP contribution is 2.41. The molecule has 1 atom stereocenters. The molecular formula is C20H18F4N4O3S. The molecule has 32 heavy (non-hydrogen) atoms. The van der Waals surface area contributed by atoms with Crippen LogP contribution >= 0.6 is 0 Å². The van der Waals surface area contributed by atoms with E-state index in [4.69, 9.17) is 5.14 Å². The summed E-state index contributed by atoms with van der Waals surface area (Å²) in [5.74, 6) is -6.49. The maximum absolute atomic E-state index is 14.2. The van der Waals surface area contributed by atoms with Crippen molar-refractivity contribution < 1.29 is 30.8 Å². The molecule has 1 aliphatic rings. The van der Waals surface area contributed by atoms with Gasteiger partial charge in [-0.15, -0.1) is 0 Å². The zero-order chi connectivity index (χ0) is 23.3. The molecule has 1 heterocycles. The van der Waals surface area contributed by atoms with Crippen LogP contribution in [0.4, 0.5) is 23.2 Å². The van der Waals surface area contributed by atoms with E-state index in [9.17, 15) is 30.8 Å². The van der Waals surface area contributed by atoms with E-state index in [1.54, 1.807) is 0 Å². The number of benzene rings is 2. The predicted molar refractivity (Wildman–Crippen MR) is 108 cm³/mol. The highest BCUT2D eigenvalue weighted by molar-refractivity contribution is 7.89. The van der Waals surface area contributed by atoms with Gasteiger partial charge in [0, 0.05) is 29.5 Å². The standard InChI is InChI=1S/C20H18F4N4O3S/c21-12-3-5-14-16(8-12)27-28(10-11-2-1-7-20(11,23)24)18(14)19(29)26-13-4-6-15(22)17(9-13)32(25,30)31/h3-6,8-9,11H,1-2,7,10H2,(H,26,29)(H2,25,30,31). The Kier molecular flexibility index (Phi) is 5.45. The predicted octanol–water partition coefficient (Wildman–Crippen LogP) is 3.65. The van der Waals surface area contributed by atoms with Crippen molar-refractivity contribution in [1.29, 1.82) is 0 Å². The lowest BCUT2D eigenvalue weighted by Gasteiger charge is -2.20. The third kappa shape index (κ3) is 4.19. The molecule has 0 aliphatic heterocycles. The lowest BCUT2D eigenvalue weighted by atomic mass is 10.1. The van der Waals surface area contributed by atoms with Crippen LogP contribution in [0.5, 0.6) is 0 Å². The molecule has 0 spiro atoms. The van der Waals surface area contributed by atoms with Crippen LogP contribution in [-0.4, -0.2) is 30.0 Å². The van der Waals surface area contributed by atoms with Gasteiger partial charge in [0.15, 0.2) is 0 Å². The minimum absolute atomic E-state index is 0.0883. The summed E-state index contributed by atoms with van der Waals surface area (Å²) in [6.07, 6.45) is 0.315. The first kappa shape index (κ1) is 22.2. The Morgan fingerprint density at radius 2 is 1.97 bits per heavy atom. The number of alkyl halides is 2. The fourth-order valence-corrected chi connectivity index (χ4v) is 4.53. The summed E-state index contributed by atoms with van der Waals surface area (Å²) in [5.41, 5.74) is -0.0976. The molecule has 0 saturated heterocycles. The summed E-state index contributed by atoms with van der Waals surface area (Å²) >= 11 is 0. The number of rotatable bonds is 5. The number of anilines is 1. The van der Waals surface area contributed by atoms with Crippen LogP contribution in [0, 0.1) is 17.6 Å². The topological polar surface area (TPSA) is 107 Å². The fraction of sp³-hybridized carbons (Fsp3) is 0.300. The lowest BCUT2D eigenvalue weighted by molar-refractivity contribution is -0.0434. The van der Waals surface area contributed by atoms with E-state index in [0.717, 1.165) is 35.0 Å². The summed E-state index contributed by atoms with van der Waals surface area (Å²) in [6.45, 7) is -0.266. The third-order valence-corrected chi connectivity index (χ3v) is 6.39. The van der Waals surface area contributed by atoms with Crippen LogP contribution in [0.1, 0.15) is 29.8 Å². The van der Waals surface area contributed by atoms with Gasteiger partial charge in [0.25, 0.3) is 11.8 Å². The molecule has 3 aromatic rings. The average Bonchev–Trinajstić information content (AvgIpc) is 3.21. The number of nitrogens with two attached hydrogens (primary N) is 1. The number of amides is 1. The van der Waals surface area contributed by atoms with Gasteiger partial charge >= 0.3 is 0 Å². The van der Waals surface area contributed by atoms with E-state index in [0.29, 0.717) is 6.42 Å². The van der Waals surface area contributed by atoms with Crippen molar-refractivity contribution in [1.82, 2.24) is 9.78 Å². The molecule has 1 aromatic heterocycles. The maximum atomic E-state index is 14.2. The number of hydrogen-bond acceptors (Lipinski definition) is 4. The normalized spacial score (nSPS) is 18.2. The highest BCUT2D eigenvalue weighted by atomic mass is 32.2. The van der Waals surface area contributed by atoms with E-state index < -0.39 is 44.3 Å². The Morgan fingerprint density at radius 3 is 2.62 bits per heavy atom. The lowest BCUT2D eigenvalue weighted by Crippen LogP contribution is -2.28. The van der Waals surface area contributed by atoms with Crippen LogP contribution in [0.15, 0.2) is 41.3 Å². The van der Waals surface area contributed by atoms with Gasteiger partial charge in [0.05, 0.1) is 12.1 Å². The maximum Gasteiger partial charge on any atom is 0.274 e. The largest absolute Gasteiger partial charge is 0.321 e. The number of fused-ring (bicyclic) bond motifs is 1. The average molecular weight is 470 g/mol. The first-order chi connectivity index (χ1) is 15.0. The zero-order valence-corrected chi connectivity index (χ0v) is 17.3. The van der Waals surface area contributed by atoms with Crippen LogP contribution < -0.4 is 10.5 Å². The molecule has 2 aromatic carbocycles. The summed E-state index contributed by atoms with van der Waals surface area (Å²) < 4.78 is 80.0. The Balaban J connectivity index is 1.73. The number of carbonyl (C=O) groups excluding carboxylic acids is 1. The Hall–Kier alpha value is -2.99. The van der Waals surface area contributed by atoms with E-state index in [1.807, 2.05) is 0 Å². The van der Waals surface area contributed by atoms with Crippen LogP contribution in [0.2, 0.25) is 0 Å². The van der Waals surface area contributed by atoms with E-state index in [2.05, 4.69) is 10.4 Å². The molecule has 4 rings (SSSR count). The number of primary sulfonamides is 1. The summed E-state index contributed by atoms with van der Waals surface area (Å²) in [7, 11) is -4.39. The first-order valence-electron chi connectivity index (χ1n) is 9.63. The highest BCUT2D eigenvalue weighted by Gasteiger charge is 2.44. The fourth-order valence-electron chi connectivity index (χ4n) is 3.90. The Bertz CT molecular complexity index is 1320. The molecule has 0 bridgehead atoms. The van der Waals surface area contributed by atoms with Gasteiger partial charge in [-0.05, 0) is 43.2 Å². The molecule has 1 fully saturated rings. The minimum Gasteiger partial charge on any atom is -0.321 e. The second-order valence-electron chi connectivity index (χ2n) is 7.69. The summed E-state index contributed by atoms with van der Waals surface area (Å²) in [6, 6.07) is 6.26. The Morgan fingerprint density at radius 1 is 1.22 bits per heavy atom. The number of nitrogens with zero attached hydrogens (tertiary/aromatic N) is 2. The number of nitrogens with one attached hydrogen (secondary N) is 1. The monoisotopic (exact) mass is 470 g/mol. The van der Waals surface area contributed by atoms with Crippen molar-refractivity contribution >= 4 is 32.5 Å². The quantitative estimate of drug-likeness (QED) is 0.555. The van der Waals surface area contributed by atoms with Crippen LogP contribution in [0.3, 0.4) is 0 Å². The molecule has 0 radical (unpaired) electrons. The molecule has 170 valence electrons. The molecule has 12 heteroatoms. The SMILES string of the molecule is NS(=O)(=O)c1cc(NC(=O)c2c3ccc(F)cc3nn2CC2CCCC2(F)F)ccc1F.